The highest BCUT2D eigenvalue weighted by atomic mass is 79.9. The van der Waals surface area contributed by atoms with E-state index in [4.69, 9.17) is 9.47 Å². The number of ether oxygens (including phenoxy) is 2. The van der Waals surface area contributed by atoms with E-state index in [0.717, 1.165) is 22.2 Å². The molecule has 0 saturated heterocycles. The van der Waals surface area contributed by atoms with Crippen LogP contribution in [0.25, 0.3) is 0 Å². The predicted molar refractivity (Wildman–Crippen MR) is 128 cm³/mol. The first-order chi connectivity index (χ1) is 16.1. The highest BCUT2D eigenvalue weighted by Crippen LogP contribution is 2.37. The fourth-order valence-electron chi connectivity index (χ4n) is 2.82. The second-order valence-electron chi connectivity index (χ2n) is 6.81. The zero-order chi connectivity index (χ0) is 24.9. The van der Waals surface area contributed by atoms with Crippen LogP contribution in [0.15, 0.2) is 68.6 Å². The molecule has 3 rings (SSSR count). The number of hydrogen-bond donors (Lipinski definition) is 1. The Morgan fingerprint density at radius 2 is 1.82 bits per heavy atom. The number of nitrogens with zero attached hydrogens (tertiary/aromatic N) is 2. The molecule has 3 aromatic carbocycles. The van der Waals surface area contributed by atoms with Crippen molar-refractivity contribution in [3.63, 3.8) is 0 Å². The number of hydrazone groups is 1. The van der Waals surface area contributed by atoms with Crippen molar-refractivity contribution in [2.75, 3.05) is 12.5 Å². The molecule has 3 aromatic rings. The van der Waals surface area contributed by atoms with Gasteiger partial charge in [0.2, 0.25) is 0 Å². The van der Waals surface area contributed by atoms with Gasteiger partial charge in [-0.1, -0.05) is 28.1 Å². The van der Waals surface area contributed by atoms with Gasteiger partial charge in [0, 0.05) is 10.5 Å². The molecule has 0 radical (unpaired) electrons. The molecule has 0 atom stereocenters. The van der Waals surface area contributed by atoms with Crippen LogP contribution in [0, 0.1) is 10.1 Å². The van der Waals surface area contributed by atoms with Crippen LogP contribution >= 0.6 is 31.9 Å². The number of halogens is 5. The Balaban J connectivity index is 1.77. The fourth-order valence-corrected chi connectivity index (χ4v) is 3.66. The summed E-state index contributed by atoms with van der Waals surface area (Å²) in [6, 6.07) is 13.1. The molecule has 0 saturated carbocycles. The van der Waals surface area contributed by atoms with Gasteiger partial charge in [0.25, 0.3) is 5.69 Å². The molecule has 0 unspecified atom stereocenters. The summed E-state index contributed by atoms with van der Waals surface area (Å²) in [6.45, 7) is 0.300. The standard InChI is InChI=1S/C22H16Br2F3N3O4/c1-33-20-9-14(8-17(24)21(20)34-12-13-2-5-16(23)6-3-13)11-28-29-18-7-4-15(22(25,26)27)10-19(18)30(31)32/h2-11,29H,12H2,1H3/b28-11-. The van der Waals surface area contributed by atoms with Crippen molar-refractivity contribution < 1.29 is 27.6 Å². The third-order valence-electron chi connectivity index (χ3n) is 4.47. The summed E-state index contributed by atoms with van der Waals surface area (Å²) in [5.41, 5.74) is 1.85. The summed E-state index contributed by atoms with van der Waals surface area (Å²) < 4.78 is 51.3. The second kappa shape index (κ2) is 10.9. The highest BCUT2D eigenvalue weighted by Gasteiger charge is 2.33. The van der Waals surface area contributed by atoms with Crippen LogP contribution in [-0.2, 0) is 12.8 Å². The van der Waals surface area contributed by atoms with Crippen molar-refractivity contribution in [3.8, 4) is 11.5 Å². The number of rotatable bonds is 8. The molecule has 1 N–H and O–H groups in total. The Labute approximate surface area is 209 Å². The van der Waals surface area contributed by atoms with Gasteiger partial charge in [0.05, 0.1) is 28.3 Å². The van der Waals surface area contributed by atoms with Gasteiger partial charge in [-0.25, -0.2) is 0 Å². The lowest BCUT2D eigenvalue weighted by atomic mass is 10.1. The number of benzene rings is 3. The molecule has 0 amide bonds. The molecule has 0 bridgehead atoms. The maximum absolute atomic E-state index is 12.8. The van der Waals surface area contributed by atoms with Crippen LogP contribution in [0.4, 0.5) is 24.5 Å². The normalized spacial score (nSPS) is 11.5. The minimum Gasteiger partial charge on any atom is -0.493 e. The van der Waals surface area contributed by atoms with E-state index in [0.29, 0.717) is 34.2 Å². The molecule has 0 heterocycles. The van der Waals surface area contributed by atoms with Crippen molar-refractivity contribution >= 4 is 49.4 Å². The molecule has 0 aliphatic heterocycles. The Bertz CT molecular complexity index is 1220. The zero-order valence-electron chi connectivity index (χ0n) is 17.4. The third-order valence-corrected chi connectivity index (χ3v) is 5.59. The van der Waals surface area contributed by atoms with E-state index >= 15 is 0 Å². The van der Waals surface area contributed by atoms with Gasteiger partial charge in [0.1, 0.15) is 12.3 Å². The molecule has 0 aromatic heterocycles. The van der Waals surface area contributed by atoms with Crippen molar-refractivity contribution in [3.05, 3.63) is 90.3 Å². The van der Waals surface area contributed by atoms with Crippen LogP contribution in [-0.4, -0.2) is 18.2 Å². The van der Waals surface area contributed by atoms with E-state index < -0.39 is 22.4 Å². The number of anilines is 1. The van der Waals surface area contributed by atoms with Gasteiger partial charge in [-0.05, 0) is 63.5 Å². The Hall–Kier alpha value is -3.12. The molecule has 7 nitrogen and oxygen atoms in total. The summed E-state index contributed by atoms with van der Waals surface area (Å²) in [7, 11) is 1.47. The van der Waals surface area contributed by atoms with Crippen molar-refractivity contribution in [2.45, 2.75) is 12.8 Å². The molecule has 12 heteroatoms. The van der Waals surface area contributed by atoms with Gasteiger partial charge >= 0.3 is 6.18 Å². The first kappa shape index (κ1) is 25.5. The van der Waals surface area contributed by atoms with E-state index in [1.165, 1.54) is 13.3 Å². The first-order valence-electron chi connectivity index (χ1n) is 9.48. The monoisotopic (exact) mass is 601 g/mol. The SMILES string of the molecule is COc1cc(/C=N\Nc2ccc(C(F)(F)F)cc2[N+](=O)[O-])cc(Br)c1OCc1ccc(Br)cc1. The molecular formula is C22H16Br2F3N3O4. The molecule has 0 aliphatic rings. The van der Waals surface area contributed by atoms with Crippen molar-refractivity contribution in [1.29, 1.82) is 0 Å². The predicted octanol–water partition coefficient (Wildman–Crippen LogP) is 7.17. The van der Waals surface area contributed by atoms with E-state index in [9.17, 15) is 23.3 Å². The van der Waals surface area contributed by atoms with Gasteiger partial charge in [0.15, 0.2) is 11.5 Å². The molecule has 178 valence electrons. The van der Waals surface area contributed by atoms with Gasteiger partial charge in [-0.15, -0.1) is 0 Å². The van der Waals surface area contributed by atoms with E-state index in [2.05, 4.69) is 42.4 Å². The molecular weight excluding hydrogens is 587 g/mol. The average Bonchev–Trinajstić information content (AvgIpc) is 2.78. The average molecular weight is 603 g/mol. The Morgan fingerprint density at radius 1 is 1.12 bits per heavy atom. The summed E-state index contributed by atoms with van der Waals surface area (Å²) in [6.07, 6.45) is -3.36. The summed E-state index contributed by atoms with van der Waals surface area (Å²) in [5.74, 6) is 0.877. The minimum absolute atomic E-state index is 0.185. The Morgan fingerprint density at radius 3 is 2.44 bits per heavy atom. The summed E-state index contributed by atoms with van der Waals surface area (Å²) in [4.78, 5) is 10.3. The maximum Gasteiger partial charge on any atom is 0.416 e. The lowest BCUT2D eigenvalue weighted by Gasteiger charge is -2.13. The topological polar surface area (TPSA) is 86.0 Å². The van der Waals surface area contributed by atoms with Gasteiger partial charge in [-0.2, -0.15) is 18.3 Å². The smallest absolute Gasteiger partial charge is 0.416 e. The number of nitro groups is 1. The Kier molecular flexibility index (Phi) is 8.15. The fraction of sp³-hybridized carbons (Fsp3) is 0.136. The quantitative estimate of drug-likeness (QED) is 0.168. The van der Waals surface area contributed by atoms with Crippen LogP contribution < -0.4 is 14.9 Å². The molecule has 0 spiro atoms. The van der Waals surface area contributed by atoms with Crippen molar-refractivity contribution in [2.24, 2.45) is 5.10 Å². The summed E-state index contributed by atoms with van der Waals surface area (Å²) in [5, 5.41) is 15.1. The number of nitrogens with one attached hydrogen (secondary N) is 1. The minimum atomic E-state index is -4.70. The van der Waals surface area contributed by atoms with Gasteiger partial charge < -0.3 is 9.47 Å². The zero-order valence-corrected chi connectivity index (χ0v) is 20.6. The van der Waals surface area contributed by atoms with E-state index in [1.807, 2.05) is 24.3 Å². The largest absolute Gasteiger partial charge is 0.493 e. The summed E-state index contributed by atoms with van der Waals surface area (Å²) >= 11 is 6.80. The van der Waals surface area contributed by atoms with Crippen LogP contribution in [0.3, 0.4) is 0 Å². The number of alkyl halides is 3. The molecule has 34 heavy (non-hydrogen) atoms. The maximum atomic E-state index is 12.8. The van der Waals surface area contributed by atoms with Gasteiger partial charge in [-0.3, -0.25) is 15.5 Å². The lowest BCUT2D eigenvalue weighted by molar-refractivity contribution is -0.384. The van der Waals surface area contributed by atoms with Crippen LogP contribution in [0.5, 0.6) is 11.5 Å². The highest BCUT2D eigenvalue weighted by molar-refractivity contribution is 9.10. The van der Waals surface area contributed by atoms with Crippen molar-refractivity contribution in [1.82, 2.24) is 0 Å². The van der Waals surface area contributed by atoms with Crippen LogP contribution in [0.1, 0.15) is 16.7 Å². The molecule has 0 aliphatic carbocycles. The number of hydrogen-bond acceptors (Lipinski definition) is 6. The number of methoxy groups -OCH3 is 1. The first-order valence-corrected chi connectivity index (χ1v) is 11.1. The third kappa shape index (κ3) is 6.48. The lowest BCUT2D eigenvalue weighted by Crippen LogP contribution is -2.06. The molecule has 0 fully saturated rings. The van der Waals surface area contributed by atoms with Crippen LogP contribution in [0.2, 0.25) is 0 Å². The second-order valence-corrected chi connectivity index (χ2v) is 8.58. The number of nitro benzene ring substituents is 1. The van der Waals surface area contributed by atoms with E-state index in [1.54, 1.807) is 12.1 Å². The van der Waals surface area contributed by atoms with E-state index in [-0.39, 0.29) is 5.69 Å².